The van der Waals surface area contributed by atoms with Crippen molar-refractivity contribution in [2.75, 3.05) is 19.7 Å². The van der Waals surface area contributed by atoms with Crippen molar-refractivity contribution in [2.24, 2.45) is 0 Å². The van der Waals surface area contributed by atoms with Crippen molar-refractivity contribution in [3.8, 4) is 5.75 Å². The Bertz CT molecular complexity index is 879. The molecular weight excluding hydrogens is 352 g/mol. The molecule has 7 heteroatoms. The van der Waals surface area contributed by atoms with Crippen LogP contribution >= 0.6 is 0 Å². The third-order valence-corrected chi connectivity index (χ3v) is 5.76. The van der Waals surface area contributed by atoms with E-state index in [1.165, 1.54) is 17.7 Å². The molecule has 1 aliphatic heterocycles. The molecule has 2 aromatic rings. The first kappa shape index (κ1) is 18.4. The van der Waals surface area contributed by atoms with E-state index in [0.717, 1.165) is 12.0 Å². The molecule has 0 radical (unpaired) electrons. The van der Waals surface area contributed by atoms with Gasteiger partial charge >= 0.3 is 0 Å². The molecule has 1 N–H and O–H groups in total. The van der Waals surface area contributed by atoms with Crippen molar-refractivity contribution in [1.82, 2.24) is 9.62 Å². The van der Waals surface area contributed by atoms with E-state index in [0.29, 0.717) is 25.4 Å². The number of ether oxygens (including phenoxy) is 1. The molecule has 3 rings (SSSR count). The smallest absolute Gasteiger partial charge is 0.241 e. The lowest BCUT2D eigenvalue weighted by atomic mass is 10.00. The molecule has 1 heterocycles. The molecule has 1 aliphatic rings. The van der Waals surface area contributed by atoms with E-state index in [2.05, 4.69) is 10.8 Å². The topological polar surface area (TPSA) is 75.7 Å². The number of carbonyl (C=O) groups is 1. The van der Waals surface area contributed by atoms with E-state index < -0.39 is 10.0 Å². The van der Waals surface area contributed by atoms with Gasteiger partial charge in [-0.15, -0.1) is 0 Å². The summed E-state index contributed by atoms with van der Waals surface area (Å²) >= 11 is 0. The zero-order valence-electron chi connectivity index (χ0n) is 14.6. The average molecular weight is 374 g/mol. The first-order valence-electron chi connectivity index (χ1n) is 8.56. The summed E-state index contributed by atoms with van der Waals surface area (Å²) in [5.74, 6) is 0.378. The highest BCUT2D eigenvalue weighted by Gasteiger charge is 2.22. The second-order valence-electron chi connectivity index (χ2n) is 6.06. The van der Waals surface area contributed by atoms with E-state index in [1.807, 2.05) is 25.1 Å². The lowest BCUT2D eigenvalue weighted by molar-refractivity contribution is -0.130. The average Bonchev–Trinajstić information content (AvgIpc) is 2.66. The highest BCUT2D eigenvalue weighted by molar-refractivity contribution is 7.89. The van der Waals surface area contributed by atoms with Gasteiger partial charge in [0.05, 0.1) is 18.0 Å². The van der Waals surface area contributed by atoms with Crippen LogP contribution in [0.2, 0.25) is 0 Å². The van der Waals surface area contributed by atoms with Crippen LogP contribution in [0.25, 0.3) is 0 Å². The lowest BCUT2D eigenvalue weighted by Gasteiger charge is -2.29. The van der Waals surface area contributed by atoms with Crippen LogP contribution in [0.15, 0.2) is 53.4 Å². The number of rotatable bonds is 6. The number of benzene rings is 2. The Labute approximate surface area is 153 Å². The molecule has 0 aromatic heterocycles. The number of fused-ring (bicyclic) bond motifs is 1. The number of amides is 1. The van der Waals surface area contributed by atoms with Gasteiger partial charge in [0, 0.05) is 13.1 Å². The van der Waals surface area contributed by atoms with Crippen molar-refractivity contribution in [2.45, 2.75) is 24.8 Å². The third kappa shape index (κ3) is 4.23. The van der Waals surface area contributed by atoms with E-state index >= 15 is 0 Å². The fourth-order valence-corrected chi connectivity index (χ4v) is 3.92. The number of nitrogens with one attached hydrogen (secondary N) is 1. The number of carbonyl (C=O) groups excluding carboxylic acids is 1. The molecule has 0 saturated carbocycles. The Balaban J connectivity index is 1.60. The summed E-state index contributed by atoms with van der Waals surface area (Å²) in [4.78, 5) is 14.2. The van der Waals surface area contributed by atoms with Crippen LogP contribution in [0.4, 0.5) is 0 Å². The van der Waals surface area contributed by atoms with Crippen molar-refractivity contribution in [1.29, 1.82) is 0 Å². The molecule has 0 bridgehead atoms. The van der Waals surface area contributed by atoms with Gasteiger partial charge in [0.25, 0.3) is 0 Å². The number of nitrogens with zero attached hydrogens (tertiary/aromatic N) is 1. The summed E-state index contributed by atoms with van der Waals surface area (Å²) in [7, 11) is -3.74. The summed E-state index contributed by atoms with van der Waals surface area (Å²) in [6, 6.07) is 14.1. The SMILES string of the molecule is CCOc1ccc(S(=O)(=O)NCC(=O)N2CCc3ccccc3C2)cc1. The van der Waals surface area contributed by atoms with Crippen LogP contribution in [0.5, 0.6) is 5.75 Å². The maximum absolute atomic E-state index is 12.4. The highest BCUT2D eigenvalue weighted by Crippen LogP contribution is 2.19. The van der Waals surface area contributed by atoms with Crippen LogP contribution < -0.4 is 9.46 Å². The maximum atomic E-state index is 12.4. The van der Waals surface area contributed by atoms with Crippen LogP contribution in [0, 0.1) is 0 Å². The molecule has 6 nitrogen and oxygen atoms in total. The minimum atomic E-state index is -3.74. The zero-order chi connectivity index (χ0) is 18.6. The van der Waals surface area contributed by atoms with Crippen LogP contribution in [0.3, 0.4) is 0 Å². The van der Waals surface area contributed by atoms with Gasteiger partial charge in [-0.2, -0.15) is 0 Å². The Morgan fingerprint density at radius 2 is 1.81 bits per heavy atom. The van der Waals surface area contributed by atoms with Crippen molar-refractivity contribution >= 4 is 15.9 Å². The molecule has 1 amide bonds. The molecule has 0 atom stereocenters. The van der Waals surface area contributed by atoms with Crippen molar-refractivity contribution in [3.63, 3.8) is 0 Å². The highest BCUT2D eigenvalue weighted by atomic mass is 32.2. The third-order valence-electron chi connectivity index (χ3n) is 4.34. The molecule has 0 aliphatic carbocycles. The second kappa shape index (κ2) is 7.88. The monoisotopic (exact) mass is 374 g/mol. The fourth-order valence-electron chi connectivity index (χ4n) is 2.94. The van der Waals surface area contributed by atoms with Gasteiger partial charge in [-0.3, -0.25) is 4.79 Å². The maximum Gasteiger partial charge on any atom is 0.241 e. The molecule has 0 spiro atoms. The van der Waals surface area contributed by atoms with Crippen LogP contribution in [-0.2, 0) is 27.8 Å². The first-order valence-corrected chi connectivity index (χ1v) is 10.0. The van der Waals surface area contributed by atoms with Gasteiger partial charge in [0.15, 0.2) is 0 Å². The zero-order valence-corrected chi connectivity index (χ0v) is 15.5. The molecule has 26 heavy (non-hydrogen) atoms. The Morgan fingerprint density at radius 1 is 1.12 bits per heavy atom. The van der Waals surface area contributed by atoms with E-state index in [-0.39, 0.29) is 17.3 Å². The normalized spacial score (nSPS) is 14.0. The standard InChI is InChI=1S/C19H22N2O4S/c1-2-25-17-7-9-18(10-8-17)26(23,24)20-13-19(22)21-12-11-15-5-3-4-6-16(15)14-21/h3-10,20H,2,11-14H2,1H3. The number of hydrogen-bond acceptors (Lipinski definition) is 4. The van der Waals surface area contributed by atoms with Crippen LogP contribution in [0.1, 0.15) is 18.1 Å². The predicted octanol–water partition coefficient (Wildman–Crippen LogP) is 1.95. The molecule has 0 unspecified atom stereocenters. The molecule has 0 fully saturated rings. The molecule has 0 saturated heterocycles. The number of sulfonamides is 1. The molecule has 138 valence electrons. The predicted molar refractivity (Wildman–Crippen MR) is 98.4 cm³/mol. The van der Waals surface area contributed by atoms with E-state index in [9.17, 15) is 13.2 Å². The summed E-state index contributed by atoms with van der Waals surface area (Å²) in [5.41, 5.74) is 2.35. The summed E-state index contributed by atoms with van der Waals surface area (Å²) in [5, 5.41) is 0. The van der Waals surface area contributed by atoms with E-state index in [4.69, 9.17) is 4.74 Å². The van der Waals surface area contributed by atoms with Gasteiger partial charge in [-0.25, -0.2) is 13.1 Å². The fraction of sp³-hybridized carbons (Fsp3) is 0.316. The van der Waals surface area contributed by atoms with Crippen LogP contribution in [-0.4, -0.2) is 38.9 Å². The summed E-state index contributed by atoms with van der Waals surface area (Å²) in [6.45, 7) is 3.23. The summed E-state index contributed by atoms with van der Waals surface area (Å²) < 4.78 is 32.4. The van der Waals surface area contributed by atoms with Gasteiger partial charge in [0.1, 0.15) is 5.75 Å². The van der Waals surface area contributed by atoms with Gasteiger partial charge in [0.2, 0.25) is 15.9 Å². The molecule has 2 aromatic carbocycles. The largest absolute Gasteiger partial charge is 0.494 e. The Kier molecular flexibility index (Phi) is 5.58. The van der Waals surface area contributed by atoms with Gasteiger partial charge in [-0.1, -0.05) is 24.3 Å². The van der Waals surface area contributed by atoms with Crippen molar-refractivity contribution in [3.05, 3.63) is 59.7 Å². The minimum absolute atomic E-state index is 0.109. The Hall–Kier alpha value is -2.38. The minimum Gasteiger partial charge on any atom is -0.494 e. The second-order valence-corrected chi connectivity index (χ2v) is 7.83. The lowest BCUT2D eigenvalue weighted by Crippen LogP contribution is -2.42. The van der Waals surface area contributed by atoms with Gasteiger partial charge in [-0.05, 0) is 48.7 Å². The Morgan fingerprint density at radius 3 is 2.50 bits per heavy atom. The number of hydrogen-bond donors (Lipinski definition) is 1. The van der Waals surface area contributed by atoms with Crippen molar-refractivity contribution < 1.29 is 17.9 Å². The molecular formula is C19H22N2O4S. The van der Waals surface area contributed by atoms with E-state index in [1.54, 1.807) is 17.0 Å². The summed E-state index contributed by atoms with van der Waals surface area (Å²) in [6.07, 6.45) is 0.785. The quantitative estimate of drug-likeness (QED) is 0.839. The first-order chi connectivity index (χ1) is 12.5. The van der Waals surface area contributed by atoms with Gasteiger partial charge < -0.3 is 9.64 Å².